The Balaban J connectivity index is 3.81. The Bertz CT molecular complexity index is 196. The highest BCUT2D eigenvalue weighted by Gasteiger charge is 2.04. The molecule has 0 amide bonds. The van der Waals surface area contributed by atoms with Crippen molar-refractivity contribution in [3.05, 3.63) is 12.2 Å². The number of carbonyl (C=O) groups excluding carboxylic acids is 1. The summed E-state index contributed by atoms with van der Waals surface area (Å²) in [6.07, 6.45) is 0.844. The molecule has 0 aromatic heterocycles. The van der Waals surface area contributed by atoms with Crippen molar-refractivity contribution in [1.82, 2.24) is 0 Å². The Kier molecular flexibility index (Phi) is 4.71. The number of hydrogen-bond donors (Lipinski definition) is 2. The zero-order chi connectivity index (χ0) is 9.56. The third-order valence-electron chi connectivity index (χ3n) is 0.936. The molecule has 0 aliphatic rings. The highest BCUT2D eigenvalue weighted by atomic mass is 16.5. The van der Waals surface area contributed by atoms with Gasteiger partial charge in [-0.3, -0.25) is 0 Å². The van der Waals surface area contributed by atoms with Gasteiger partial charge in [-0.1, -0.05) is 0 Å². The molecule has 0 aliphatic carbocycles. The lowest BCUT2D eigenvalue weighted by Crippen LogP contribution is -2.16. The smallest absolute Gasteiger partial charge is 0.331 e. The van der Waals surface area contributed by atoms with Gasteiger partial charge in [-0.15, -0.1) is 0 Å². The first-order valence-corrected chi connectivity index (χ1v) is 3.28. The van der Waals surface area contributed by atoms with Crippen molar-refractivity contribution in [2.24, 2.45) is 0 Å². The molecule has 68 valence electrons. The van der Waals surface area contributed by atoms with E-state index in [-0.39, 0.29) is 6.61 Å². The zero-order valence-electron chi connectivity index (χ0n) is 6.56. The monoisotopic (exact) mass is 174 g/mol. The molecule has 0 rings (SSSR count). The van der Waals surface area contributed by atoms with Crippen LogP contribution in [0.15, 0.2) is 12.2 Å². The average Bonchev–Trinajstić information content (AvgIpc) is 2.00. The Morgan fingerprint density at radius 2 is 2.08 bits per heavy atom. The van der Waals surface area contributed by atoms with Crippen LogP contribution in [-0.4, -0.2) is 34.9 Å². The van der Waals surface area contributed by atoms with Crippen LogP contribution < -0.4 is 0 Å². The van der Waals surface area contributed by atoms with E-state index in [1.807, 2.05) is 0 Å². The normalized spacial score (nSPS) is 12.8. The third-order valence-corrected chi connectivity index (χ3v) is 0.936. The van der Waals surface area contributed by atoms with E-state index in [4.69, 9.17) is 10.2 Å². The van der Waals surface area contributed by atoms with E-state index in [1.165, 1.54) is 6.92 Å². The van der Waals surface area contributed by atoms with Crippen LogP contribution in [0.5, 0.6) is 0 Å². The van der Waals surface area contributed by atoms with E-state index >= 15 is 0 Å². The maximum absolute atomic E-state index is 10.6. The second-order valence-electron chi connectivity index (χ2n) is 2.10. The predicted octanol–water partition coefficient (Wildman–Crippen LogP) is -0.449. The van der Waals surface area contributed by atoms with Gasteiger partial charge in [0.15, 0.2) is 0 Å². The summed E-state index contributed by atoms with van der Waals surface area (Å²) in [6.45, 7) is 1.21. The van der Waals surface area contributed by atoms with Crippen LogP contribution in [-0.2, 0) is 14.3 Å². The van der Waals surface area contributed by atoms with Gasteiger partial charge in [0.05, 0.1) is 6.61 Å². The molecule has 0 aliphatic heterocycles. The van der Waals surface area contributed by atoms with Gasteiger partial charge >= 0.3 is 11.9 Å². The van der Waals surface area contributed by atoms with E-state index in [2.05, 4.69) is 4.74 Å². The van der Waals surface area contributed by atoms with E-state index in [0.29, 0.717) is 6.08 Å². The highest BCUT2D eigenvalue weighted by molar-refractivity contribution is 5.90. The molecule has 0 aromatic rings. The number of carbonyl (C=O) groups is 2. The van der Waals surface area contributed by atoms with Crippen molar-refractivity contribution < 1.29 is 24.5 Å². The summed E-state index contributed by atoms with van der Waals surface area (Å²) in [5, 5.41) is 16.6. The van der Waals surface area contributed by atoms with E-state index in [1.54, 1.807) is 0 Å². The SMILES string of the molecule is CC(CO)OC(=O)/C=C\C(=O)O. The summed E-state index contributed by atoms with van der Waals surface area (Å²) < 4.78 is 4.51. The Hall–Kier alpha value is -1.36. The van der Waals surface area contributed by atoms with Crippen LogP contribution >= 0.6 is 0 Å². The van der Waals surface area contributed by atoms with E-state index in [9.17, 15) is 9.59 Å². The molecule has 2 N–H and O–H groups in total. The van der Waals surface area contributed by atoms with Crippen LogP contribution in [0.3, 0.4) is 0 Å². The average molecular weight is 174 g/mol. The summed E-state index contributed by atoms with van der Waals surface area (Å²) in [4.78, 5) is 20.5. The Morgan fingerprint density at radius 3 is 2.50 bits per heavy atom. The number of hydrogen-bond acceptors (Lipinski definition) is 4. The van der Waals surface area contributed by atoms with Gasteiger partial charge in [-0.05, 0) is 6.92 Å². The minimum absolute atomic E-state index is 0.285. The fraction of sp³-hybridized carbons (Fsp3) is 0.429. The molecule has 0 aromatic carbocycles. The second-order valence-corrected chi connectivity index (χ2v) is 2.10. The molecule has 1 atom stereocenters. The van der Waals surface area contributed by atoms with Gasteiger partial charge < -0.3 is 14.9 Å². The first-order valence-electron chi connectivity index (χ1n) is 3.28. The zero-order valence-corrected chi connectivity index (χ0v) is 6.56. The van der Waals surface area contributed by atoms with Crippen molar-refractivity contribution in [2.75, 3.05) is 6.61 Å². The number of esters is 1. The van der Waals surface area contributed by atoms with Crippen molar-refractivity contribution >= 4 is 11.9 Å². The van der Waals surface area contributed by atoms with Crippen LogP contribution in [0.1, 0.15) is 6.92 Å². The lowest BCUT2D eigenvalue weighted by molar-refractivity contribution is -0.144. The van der Waals surface area contributed by atoms with Crippen LogP contribution in [0.2, 0.25) is 0 Å². The fourth-order valence-corrected chi connectivity index (χ4v) is 0.414. The molecule has 1 unspecified atom stereocenters. The van der Waals surface area contributed by atoms with Gasteiger partial charge in [0.1, 0.15) is 6.10 Å². The summed E-state index contributed by atoms with van der Waals surface area (Å²) in [5.74, 6) is -2.00. The number of ether oxygens (including phenoxy) is 1. The molecule has 0 fully saturated rings. The Labute approximate surface area is 69.3 Å². The largest absolute Gasteiger partial charge is 0.478 e. The predicted molar refractivity (Wildman–Crippen MR) is 39.4 cm³/mol. The number of rotatable bonds is 4. The molecule has 5 nitrogen and oxygen atoms in total. The summed E-state index contributed by atoms with van der Waals surface area (Å²) in [6, 6.07) is 0. The molecule has 0 spiro atoms. The first-order chi connectivity index (χ1) is 5.56. The van der Waals surface area contributed by atoms with Crippen LogP contribution in [0.4, 0.5) is 0 Å². The lowest BCUT2D eigenvalue weighted by Gasteiger charge is -2.06. The Morgan fingerprint density at radius 1 is 1.50 bits per heavy atom. The minimum Gasteiger partial charge on any atom is -0.478 e. The summed E-state index contributed by atoms with van der Waals surface area (Å²) in [5.41, 5.74) is 0. The topological polar surface area (TPSA) is 83.8 Å². The molecule has 12 heavy (non-hydrogen) atoms. The summed E-state index contributed by atoms with van der Waals surface area (Å²) in [7, 11) is 0. The molecule has 0 saturated carbocycles. The van der Waals surface area contributed by atoms with Crippen molar-refractivity contribution in [1.29, 1.82) is 0 Å². The first kappa shape index (κ1) is 10.6. The lowest BCUT2D eigenvalue weighted by atomic mass is 10.4. The number of carboxylic acids is 1. The van der Waals surface area contributed by atoms with E-state index in [0.717, 1.165) is 6.08 Å². The van der Waals surface area contributed by atoms with Gasteiger partial charge in [-0.25, -0.2) is 9.59 Å². The molecular formula is C7H10O5. The van der Waals surface area contributed by atoms with Gasteiger partial charge in [0, 0.05) is 12.2 Å². The molecule has 0 saturated heterocycles. The van der Waals surface area contributed by atoms with Gasteiger partial charge in [0.25, 0.3) is 0 Å². The molecule has 0 radical (unpaired) electrons. The number of aliphatic hydroxyl groups is 1. The minimum atomic E-state index is -1.22. The summed E-state index contributed by atoms with van der Waals surface area (Å²) >= 11 is 0. The maximum Gasteiger partial charge on any atom is 0.331 e. The quantitative estimate of drug-likeness (QED) is 0.445. The number of aliphatic carboxylic acids is 1. The van der Waals surface area contributed by atoms with Crippen LogP contribution in [0.25, 0.3) is 0 Å². The van der Waals surface area contributed by atoms with Gasteiger partial charge in [-0.2, -0.15) is 0 Å². The standard InChI is InChI=1S/C7H10O5/c1-5(4-8)12-7(11)3-2-6(9)10/h2-3,5,8H,4H2,1H3,(H,9,10)/b3-2-. The third kappa shape index (κ3) is 5.43. The van der Waals surface area contributed by atoms with Crippen molar-refractivity contribution in [2.45, 2.75) is 13.0 Å². The highest BCUT2D eigenvalue weighted by Crippen LogP contribution is 1.90. The molecule has 5 heteroatoms. The van der Waals surface area contributed by atoms with Gasteiger partial charge in [0.2, 0.25) is 0 Å². The number of aliphatic hydroxyl groups excluding tert-OH is 1. The fourth-order valence-electron chi connectivity index (χ4n) is 0.414. The van der Waals surface area contributed by atoms with Crippen LogP contribution in [0, 0.1) is 0 Å². The van der Waals surface area contributed by atoms with Crippen molar-refractivity contribution in [3.8, 4) is 0 Å². The van der Waals surface area contributed by atoms with E-state index < -0.39 is 18.0 Å². The molecule has 0 bridgehead atoms. The van der Waals surface area contributed by atoms with Crippen molar-refractivity contribution in [3.63, 3.8) is 0 Å². The molecule has 0 heterocycles. The number of carboxylic acid groups (broad SMARTS) is 1. The maximum atomic E-state index is 10.6. The second kappa shape index (κ2) is 5.31. The molecular weight excluding hydrogens is 164 g/mol.